The van der Waals surface area contributed by atoms with Gasteiger partial charge in [-0.05, 0) is 64.1 Å². The van der Waals surface area contributed by atoms with E-state index in [4.69, 9.17) is 18.9 Å². The largest absolute Gasteiger partial charge is 0.507 e. The van der Waals surface area contributed by atoms with E-state index < -0.39 is 68.3 Å². The molecular formula is C34H32F2N2O8. The predicted molar refractivity (Wildman–Crippen MR) is 167 cm³/mol. The van der Waals surface area contributed by atoms with Crippen LogP contribution in [0, 0.1) is 11.6 Å². The van der Waals surface area contributed by atoms with E-state index in [1.54, 1.807) is 64.1 Å². The smallest absolute Gasteiger partial charge is 0.201 e. The number of benzene rings is 4. The number of rotatable bonds is 12. The molecule has 4 aromatic rings. The average Bonchev–Trinajstić information content (AvgIpc) is 3.03. The highest BCUT2D eigenvalue weighted by atomic mass is 19.1. The number of anilines is 4. The van der Waals surface area contributed by atoms with Crippen molar-refractivity contribution in [2.45, 2.75) is 27.7 Å². The van der Waals surface area contributed by atoms with Crippen LogP contribution in [0.2, 0.25) is 0 Å². The number of carbonyl (C=O) groups is 2. The Morgan fingerprint density at radius 1 is 0.522 bits per heavy atom. The van der Waals surface area contributed by atoms with E-state index in [1.165, 1.54) is 0 Å². The molecule has 5 rings (SSSR count). The van der Waals surface area contributed by atoms with Crippen LogP contribution in [0.1, 0.15) is 59.5 Å². The Morgan fingerprint density at radius 3 is 1.11 bits per heavy atom. The second kappa shape index (κ2) is 13.2. The van der Waals surface area contributed by atoms with Gasteiger partial charge in [0, 0.05) is 0 Å². The number of nitrogens with one attached hydrogen (secondary N) is 2. The number of ketones is 2. The minimum atomic E-state index is -1.31. The monoisotopic (exact) mass is 634 g/mol. The zero-order valence-corrected chi connectivity index (χ0v) is 25.5. The van der Waals surface area contributed by atoms with Gasteiger partial charge in [-0.2, -0.15) is 0 Å². The number of hydrogen-bond acceptors (Lipinski definition) is 10. The molecule has 1 aliphatic carbocycles. The summed E-state index contributed by atoms with van der Waals surface area (Å²) in [6.45, 7) is 7.87. The molecule has 1 aliphatic rings. The van der Waals surface area contributed by atoms with Gasteiger partial charge < -0.3 is 39.8 Å². The molecule has 4 aromatic carbocycles. The first kappa shape index (κ1) is 31.9. The fourth-order valence-corrected chi connectivity index (χ4v) is 5.26. The van der Waals surface area contributed by atoms with Gasteiger partial charge in [-0.3, -0.25) is 9.59 Å². The summed E-state index contributed by atoms with van der Waals surface area (Å²) in [7, 11) is 0. The summed E-state index contributed by atoms with van der Waals surface area (Å²) < 4.78 is 56.9. The molecule has 0 bridgehead atoms. The maximum atomic E-state index is 16.9. The van der Waals surface area contributed by atoms with Gasteiger partial charge in [0.2, 0.25) is 11.6 Å². The van der Waals surface area contributed by atoms with Crippen LogP contribution >= 0.6 is 0 Å². The first-order chi connectivity index (χ1) is 22.2. The summed E-state index contributed by atoms with van der Waals surface area (Å²) in [4.78, 5) is 27.4. The van der Waals surface area contributed by atoms with Crippen LogP contribution in [0.15, 0.2) is 48.5 Å². The molecule has 0 saturated carbocycles. The van der Waals surface area contributed by atoms with Crippen molar-refractivity contribution in [2.75, 3.05) is 37.1 Å². The second-order valence-electron chi connectivity index (χ2n) is 9.88. The van der Waals surface area contributed by atoms with Crippen molar-refractivity contribution in [2.24, 2.45) is 0 Å². The number of fused-ring (bicyclic) bond motifs is 2. The molecule has 0 aliphatic heterocycles. The lowest BCUT2D eigenvalue weighted by molar-refractivity contribution is 0.0967. The predicted octanol–water partition coefficient (Wildman–Crippen LogP) is 7.23. The third-order valence-electron chi connectivity index (χ3n) is 7.12. The molecule has 10 nitrogen and oxygen atoms in total. The number of hydrogen-bond donors (Lipinski definition) is 4. The summed E-state index contributed by atoms with van der Waals surface area (Å²) >= 11 is 0. The molecule has 0 atom stereocenters. The molecule has 240 valence electrons. The van der Waals surface area contributed by atoms with E-state index in [9.17, 15) is 19.8 Å². The summed E-state index contributed by atoms with van der Waals surface area (Å²) in [5, 5.41) is 26.7. The Balaban J connectivity index is 1.84. The van der Waals surface area contributed by atoms with Crippen LogP contribution in [0.4, 0.5) is 31.5 Å². The number of para-hydroxylation sites is 2. The zero-order valence-electron chi connectivity index (χ0n) is 25.5. The molecule has 46 heavy (non-hydrogen) atoms. The zero-order chi connectivity index (χ0) is 33.1. The maximum Gasteiger partial charge on any atom is 0.201 e. The molecule has 0 amide bonds. The highest BCUT2D eigenvalue weighted by Gasteiger charge is 2.42. The van der Waals surface area contributed by atoms with Gasteiger partial charge in [0.15, 0.2) is 11.6 Å². The van der Waals surface area contributed by atoms with Gasteiger partial charge in [-0.25, -0.2) is 8.78 Å². The average molecular weight is 635 g/mol. The van der Waals surface area contributed by atoms with Crippen molar-refractivity contribution in [1.29, 1.82) is 0 Å². The molecule has 0 radical (unpaired) electrons. The van der Waals surface area contributed by atoms with Crippen LogP contribution in [0.25, 0.3) is 0 Å². The van der Waals surface area contributed by atoms with Crippen molar-refractivity contribution in [3.8, 4) is 34.5 Å². The first-order valence-corrected chi connectivity index (χ1v) is 14.7. The van der Waals surface area contributed by atoms with Crippen LogP contribution < -0.4 is 29.6 Å². The molecule has 0 spiro atoms. The second-order valence-corrected chi connectivity index (χ2v) is 9.88. The van der Waals surface area contributed by atoms with Crippen LogP contribution in [-0.2, 0) is 0 Å². The number of ether oxygens (including phenoxy) is 4. The summed E-state index contributed by atoms with van der Waals surface area (Å²) in [6, 6.07) is 11.7. The van der Waals surface area contributed by atoms with E-state index in [1.807, 2.05) is 0 Å². The minimum Gasteiger partial charge on any atom is -0.507 e. The molecule has 4 N–H and O–H groups in total. The first-order valence-electron chi connectivity index (χ1n) is 14.7. The minimum absolute atomic E-state index is 0.117. The lowest BCUT2D eigenvalue weighted by Crippen LogP contribution is -2.26. The van der Waals surface area contributed by atoms with E-state index >= 15 is 8.78 Å². The Morgan fingerprint density at radius 2 is 0.826 bits per heavy atom. The number of phenolic OH excluding ortho intramolecular Hbond substituents is 2. The van der Waals surface area contributed by atoms with Crippen LogP contribution in [0.3, 0.4) is 0 Å². The number of carbonyl (C=O) groups excluding carboxylic acids is 2. The quantitative estimate of drug-likeness (QED) is 0.104. The Hall–Kier alpha value is -5.52. The standard InChI is InChI=1S/C34H32F2N2O8/c1-5-43-19-11-9-12-20(44-6-2)29(19)37-31-27(35)25-26(34(42)24-18(40)16-15-17(39)23(24)33(25)41)28(36)32(31)38-30-21(45-7-3)13-10-14-22(30)46-8-4/h9-16,37-40H,5-8H2,1-4H3. The number of phenols is 2. The number of aromatic hydroxyl groups is 2. The Bertz CT molecular complexity index is 1660. The SMILES string of the molecule is CCOc1cccc(OCC)c1Nc1c(F)c2c(c(F)c1Nc1c(OCC)cccc1OCC)C(=O)c1c(O)ccc(O)c1C2=O. The van der Waals surface area contributed by atoms with Gasteiger partial charge in [-0.15, -0.1) is 0 Å². The van der Waals surface area contributed by atoms with E-state index in [0.717, 1.165) is 12.1 Å². The molecule has 0 fully saturated rings. The Labute approximate surface area is 263 Å². The lowest BCUT2D eigenvalue weighted by Gasteiger charge is -2.26. The third kappa shape index (κ3) is 5.46. The molecule has 0 aromatic heterocycles. The molecular weight excluding hydrogens is 602 g/mol. The van der Waals surface area contributed by atoms with Gasteiger partial charge in [0.25, 0.3) is 0 Å². The molecule has 0 unspecified atom stereocenters. The topological polar surface area (TPSA) is 136 Å². The normalized spacial score (nSPS) is 11.9. The van der Waals surface area contributed by atoms with Crippen molar-refractivity contribution in [3.05, 3.63) is 82.4 Å². The van der Waals surface area contributed by atoms with Gasteiger partial charge in [0.05, 0.1) is 48.7 Å². The van der Waals surface area contributed by atoms with Gasteiger partial charge in [-0.1, -0.05) is 12.1 Å². The molecule has 0 heterocycles. The summed E-state index contributed by atoms with van der Waals surface area (Å²) in [5.41, 5.74) is -4.08. The van der Waals surface area contributed by atoms with Crippen LogP contribution in [-0.4, -0.2) is 48.2 Å². The Kier molecular flexibility index (Phi) is 9.17. The molecule has 12 heteroatoms. The van der Waals surface area contributed by atoms with E-state index in [0.29, 0.717) is 0 Å². The highest BCUT2D eigenvalue weighted by molar-refractivity contribution is 6.31. The number of halogens is 2. The lowest BCUT2D eigenvalue weighted by atomic mass is 9.81. The fourth-order valence-electron chi connectivity index (χ4n) is 5.26. The van der Waals surface area contributed by atoms with Crippen molar-refractivity contribution in [3.63, 3.8) is 0 Å². The third-order valence-corrected chi connectivity index (χ3v) is 7.12. The highest BCUT2D eigenvalue weighted by Crippen LogP contribution is 2.48. The summed E-state index contributed by atoms with van der Waals surface area (Å²) in [5.74, 6) is -5.45. The maximum absolute atomic E-state index is 16.9. The van der Waals surface area contributed by atoms with E-state index in [-0.39, 0.29) is 60.8 Å². The molecule has 0 saturated heterocycles. The van der Waals surface area contributed by atoms with E-state index in [2.05, 4.69) is 10.6 Å². The summed E-state index contributed by atoms with van der Waals surface area (Å²) in [6.07, 6.45) is 0. The van der Waals surface area contributed by atoms with Crippen LogP contribution in [0.5, 0.6) is 34.5 Å². The van der Waals surface area contributed by atoms with Gasteiger partial charge >= 0.3 is 0 Å². The van der Waals surface area contributed by atoms with Gasteiger partial charge in [0.1, 0.15) is 57.2 Å². The fraction of sp³-hybridized carbons (Fsp3) is 0.235. The van der Waals surface area contributed by atoms with Crippen molar-refractivity contribution in [1.82, 2.24) is 0 Å². The van der Waals surface area contributed by atoms with Crippen molar-refractivity contribution >= 4 is 34.3 Å². The van der Waals surface area contributed by atoms with Crippen molar-refractivity contribution < 1.29 is 47.5 Å².